The smallest absolute Gasteiger partial charge is 0.0965 e. The van der Waals surface area contributed by atoms with Crippen LogP contribution in [0, 0.1) is 0 Å². The molecule has 1 unspecified atom stereocenters. The molecule has 2 aromatic carbocycles. The molecule has 2 nitrogen and oxygen atoms in total. The first kappa shape index (κ1) is 14.6. The predicted octanol–water partition coefficient (Wildman–Crippen LogP) is 4.03. The van der Waals surface area contributed by atoms with E-state index in [9.17, 15) is 5.11 Å². The van der Waals surface area contributed by atoms with Gasteiger partial charge in [0.05, 0.1) is 6.10 Å². The fourth-order valence-corrected chi connectivity index (χ4v) is 2.33. The molecule has 0 saturated heterocycles. The van der Waals surface area contributed by atoms with Crippen LogP contribution < -0.4 is 4.90 Å². The molecule has 1 atom stereocenters. The highest BCUT2D eigenvalue weighted by molar-refractivity contribution is 5.48. The van der Waals surface area contributed by atoms with Gasteiger partial charge in [-0.1, -0.05) is 48.5 Å². The minimum Gasteiger partial charge on any atom is -0.387 e. The maximum absolute atomic E-state index is 10.5. The van der Waals surface area contributed by atoms with Crippen molar-refractivity contribution in [2.75, 3.05) is 11.4 Å². The molecule has 0 amide bonds. The second-order valence-corrected chi connectivity index (χ2v) is 6.04. The summed E-state index contributed by atoms with van der Waals surface area (Å²) in [6.07, 6.45) is -0.490. The van der Waals surface area contributed by atoms with Crippen molar-refractivity contribution in [3.8, 4) is 0 Å². The zero-order chi connectivity index (χ0) is 14.6. The van der Waals surface area contributed by atoms with Crippen molar-refractivity contribution in [2.45, 2.75) is 32.4 Å². The van der Waals surface area contributed by atoms with Crippen LogP contribution in [-0.4, -0.2) is 17.2 Å². The van der Waals surface area contributed by atoms with Crippen LogP contribution in [0.25, 0.3) is 0 Å². The Morgan fingerprint density at radius 3 is 1.90 bits per heavy atom. The molecular weight excluding hydrogens is 246 g/mol. The van der Waals surface area contributed by atoms with Gasteiger partial charge in [-0.3, -0.25) is 0 Å². The summed E-state index contributed by atoms with van der Waals surface area (Å²) >= 11 is 0. The number of aliphatic hydroxyl groups excluding tert-OH is 1. The van der Waals surface area contributed by atoms with E-state index in [-0.39, 0.29) is 5.54 Å². The molecule has 0 radical (unpaired) electrons. The van der Waals surface area contributed by atoms with E-state index in [2.05, 4.69) is 37.8 Å². The summed E-state index contributed by atoms with van der Waals surface area (Å²) in [5, 5.41) is 10.5. The first-order valence-corrected chi connectivity index (χ1v) is 7.04. The first-order chi connectivity index (χ1) is 9.48. The summed E-state index contributed by atoms with van der Waals surface area (Å²) in [6, 6.07) is 20.1. The van der Waals surface area contributed by atoms with Crippen molar-refractivity contribution in [3.05, 3.63) is 66.2 Å². The third kappa shape index (κ3) is 3.61. The van der Waals surface area contributed by atoms with Crippen molar-refractivity contribution in [1.29, 1.82) is 0 Å². The molecule has 20 heavy (non-hydrogen) atoms. The summed E-state index contributed by atoms with van der Waals surface area (Å²) in [6.45, 7) is 7.07. The molecule has 0 aliphatic carbocycles. The minimum absolute atomic E-state index is 0.0445. The Morgan fingerprint density at radius 1 is 0.900 bits per heavy atom. The fourth-order valence-electron chi connectivity index (χ4n) is 2.33. The van der Waals surface area contributed by atoms with Crippen LogP contribution in [0.3, 0.4) is 0 Å². The lowest BCUT2D eigenvalue weighted by atomic mass is 10.0. The van der Waals surface area contributed by atoms with Crippen LogP contribution in [0.5, 0.6) is 0 Å². The molecule has 0 heterocycles. The van der Waals surface area contributed by atoms with Crippen LogP contribution in [-0.2, 0) is 0 Å². The zero-order valence-electron chi connectivity index (χ0n) is 12.5. The molecule has 106 valence electrons. The first-order valence-electron chi connectivity index (χ1n) is 7.04. The Labute approximate surface area is 121 Å². The summed E-state index contributed by atoms with van der Waals surface area (Å²) < 4.78 is 0. The van der Waals surface area contributed by atoms with Gasteiger partial charge < -0.3 is 10.0 Å². The molecule has 0 bridgehead atoms. The van der Waals surface area contributed by atoms with E-state index in [0.717, 1.165) is 11.3 Å². The predicted molar refractivity (Wildman–Crippen MR) is 84.9 cm³/mol. The quantitative estimate of drug-likeness (QED) is 0.906. The van der Waals surface area contributed by atoms with Gasteiger partial charge in [-0.25, -0.2) is 0 Å². The van der Waals surface area contributed by atoms with Crippen molar-refractivity contribution < 1.29 is 5.11 Å². The van der Waals surface area contributed by atoms with Crippen LogP contribution in [0.1, 0.15) is 32.4 Å². The van der Waals surface area contributed by atoms with E-state index < -0.39 is 6.10 Å². The zero-order valence-corrected chi connectivity index (χ0v) is 12.5. The lowest BCUT2D eigenvalue weighted by Gasteiger charge is -2.39. The molecule has 0 aromatic heterocycles. The average Bonchev–Trinajstić information content (AvgIpc) is 2.45. The molecule has 1 N–H and O–H groups in total. The Kier molecular flexibility index (Phi) is 4.46. The average molecular weight is 269 g/mol. The van der Waals surface area contributed by atoms with Crippen molar-refractivity contribution in [2.24, 2.45) is 0 Å². The number of hydrogen-bond donors (Lipinski definition) is 1. The highest BCUT2D eigenvalue weighted by Crippen LogP contribution is 2.26. The number of β-amino-alcohol motifs (C(OH)–C–C–N with tert-alkyl or cyclic N) is 1. The number of rotatable bonds is 4. The summed E-state index contributed by atoms with van der Waals surface area (Å²) in [5.74, 6) is 0. The number of anilines is 1. The van der Waals surface area contributed by atoms with Crippen molar-refractivity contribution in [3.63, 3.8) is 0 Å². The van der Waals surface area contributed by atoms with Gasteiger partial charge in [0.1, 0.15) is 0 Å². The summed E-state index contributed by atoms with van der Waals surface area (Å²) in [5.41, 5.74) is 2.05. The van der Waals surface area contributed by atoms with Crippen molar-refractivity contribution >= 4 is 5.69 Å². The normalized spacial score (nSPS) is 13.0. The molecule has 0 aliphatic heterocycles. The minimum atomic E-state index is -0.490. The number of aliphatic hydroxyl groups is 1. The monoisotopic (exact) mass is 269 g/mol. The third-order valence-corrected chi connectivity index (χ3v) is 3.42. The van der Waals surface area contributed by atoms with E-state index in [1.165, 1.54) is 0 Å². The topological polar surface area (TPSA) is 23.5 Å². The number of para-hydroxylation sites is 1. The number of benzene rings is 2. The summed E-state index contributed by atoms with van der Waals surface area (Å²) in [7, 11) is 0. The van der Waals surface area contributed by atoms with Gasteiger partial charge in [-0.15, -0.1) is 0 Å². The van der Waals surface area contributed by atoms with Crippen LogP contribution in [0.15, 0.2) is 60.7 Å². The highest BCUT2D eigenvalue weighted by Gasteiger charge is 2.24. The van der Waals surface area contributed by atoms with Gasteiger partial charge in [-0.2, -0.15) is 0 Å². The molecule has 2 aromatic rings. The molecule has 0 fully saturated rings. The van der Waals surface area contributed by atoms with Crippen molar-refractivity contribution in [1.82, 2.24) is 0 Å². The summed E-state index contributed by atoms with van der Waals surface area (Å²) in [4.78, 5) is 2.24. The van der Waals surface area contributed by atoms with Gasteiger partial charge in [0, 0.05) is 17.8 Å². The van der Waals surface area contributed by atoms with Gasteiger partial charge in [-0.05, 0) is 38.5 Å². The molecule has 2 rings (SSSR count). The highest BCUT2D eigenvalue weighted by atomic mass is 16.3. The maximum Gasteiger partial charge on any atom is 0.0965 e. The number of nitrogens with zero attached hydrogens (tertiary/aromatic N) is 1. The van der Waals surface area contributed by atoms with Gasteiger partial charge in [0.15, 0.2) is 0 Å². The van der Waals surface area contributed by atoms with Crippen LogP contribution >= 0.6 is 0 Å². The molecular formula is C18H23NO. The fraction of sp³-hybridized carbons (Fsp3) is 0.333. The Morgan fingerprint density at radius 2 is 1.40 bits per heavy atom. The molecule has 0 aliphatic rings. The third-order valence-electron chi connectivity index (χ3n) is 3.42. The lowest BCUT2D eigenvalue weighted by molar-refractivity contribution is 0.176. The van der Waals surface area contributed by atoms with Gasteiger partial charge in [0.2, 0.25) is 0 Å². The second-order valence-electron chi connectivity index (χ2n) is 6.04. The Balaban J connectivity index is 2.22. The Bertz CT molecular complexity index is 516. The standard InChI is InChI=1S/C18H23NO/c1-18(2,3)19(16-12-8-5-9-13-16)14-17(20)15-10-6-4-7-11-15/h4-13,17,20H,14H2,1-3H3. The van der Waals surface area contributed by atoms with Gasteiger partial charge >= 0.3 is 0 Å². The maximum atomic E-state index is 10.5. The molecule has 0 saturated carbocycles. The van der Waals surface area contributed by atoms with E-state index in [0.29, 0.717) is 6.54 Å². The molecule has 2 heteroatoms. The van der Waals surface area contributed by atoms with Gasteiger partial charge in [0.25, 0.3) is 0 Å². The van der Waals surface area contributed by atoms with E-state index in [4.69, 9.17) is 0 Å². The Hall–Kier alpha value is -1.80. The molecule has 0 spiro atoms. The van der Waals surface area contributed by atoms with Crippen LogP contribution in [0.2, 0.25) is 0 Å². The van der Waals surface area contributed by atoms with E-state index >= 15 is 0 Å². The number of hydrogen-bond acceptors (Lipinski definition) is 2. The second kappa shape index (κ2) is 6.10. The van der Waals surface area contributed by atoms with E-state index in [1.807, 2.05) is 48.5 Å². The lowest BCUT2D eigenvalue weighted by Crippen LogP contribution is -2.44. The SMILES string of the molecule is CC(C)(C)N(CC(O)c1ccccc1)c1ccccc1. The largest absolute Gasteiger partial charge is 0.387 e. The van der Waals surface area contributed by atoms with E-state index in [1.54, 1.807) is 0 Å². The van der Waals surface area contributed by atoms with Crippen LogP contribution in [0.4, 0.5) is 5.69 Å².